The van der Waals surface area contributed by atoms with Gasteiger partial charge in [0.25, 0.3) is 0 Å². The Bertz CT molecular complexity index is 1890. The van der Waals surface area contributed by atoms with Crippen LogP contribution >= 0.6 is 0 Å². The molecule has 0 aromatic carbocycles. The molecule has 0 spiro atoms. The summed E-state index contributed by atoms with van der Waals surface area (Å²) in [5.41, 5.74) is 12.8. The second-order valence-electron chi connectivity index (χ2n) is 11.1. The average Bonchev–Trinajstić information content (AvgIpc) is 3.67. The number of carbonyl (C=O) groups excluding carboxylic acids is 2. The van der Waals surface area contributed by atoms with Gasteiger partial charge in [0.15, 0.2) is 0 Å². The summed E-state index contributed by atoms with van der Waals surface area (Å²) >= 11 is 0. The van der Waals surface area contributed by atoms with E-state index in [9.17, 15) is 19.8 Å². The quantitative estimate of drug-likeness (QED) is 0.254. The van der Waals surface area contributed by atoms with Crippen LogP contribution in [0.15, 0.2) is 24.3 Å². The number of H-pyrrole nitrogens is 2. The molecule has 0 saturated carbocycles. The number of methoxy groups -OCH3 is 2. The number of esters is 2. The Morgan fingerprint density at radius 2 is 1.14 bits per heavy atom. The number of fused-ring (bicyclic) bond motifs is 8. The Hall–Kier alpha value is -4.54. The van der Waals surface area contributed by atoms with E-state index < -0.39 is 0 Å². The van der Waals surface area contributed by atoms with Crippen LogP contribution in [-0.2, 0) is 32.1 Å². The van der Waals surface area contributed by atoms with Crippen molar-refractivity contribution in [3.63, 3.8) is 0 Å². The van der Waals surface area contributed by atoms with Crippen molar-refractivity contribution >= 4 is 56.3 Å². The van der Waals surface area contributed by atoms with Crippen LogP contribution in [0.25, 0.3) is 44.4 Å². The molecular formula is C34H38N4O6. The first-order valence-corrected chi connectivity index (χ1v) is 14.6. The van der Waals surface area contributed by atoms with Gasteiger partial charge in [-0.1, -0.05) is 0 Å². The average molecular weight is 599 g/mol. The molecule has 2 aliphatic heterocycles. The predicted molar refractivity (Wildman–Crippen MR) is 170 cm³/mol. The van der Waals surface area contributed by atoms with E-state index in [2.05, 4.69) is 9.97 Å². The molecule has 5 rings (SSSR count). The van der Waals surface area contributed by atoms with Crippen molar-refractivity contribution in [3.05, 3.63) is 69.3 Å². The van der Waals surface area contributed by atoms with Crippen molar-refractivity contribution in [1.82, 2.24) is 19.9 Å². The molecule has 8 bridgehead atoms. The molecular weight excluding hydrogens is 560 g/mol. The highest BCUT2D eigenvalue weighted by molar-refractivity contribution is 5.96. The highest BCUT2D eigenvalue weighted by Crippen LogP contribution is 2.36. The Kier molecular flexibility index (Phi) is 8.85. The number of aromatic nitrogens is 4. The molecule has 3 aromatic rings. The molecule has 4 N–H and O–H groups in total. The zero-order valence-electron chi connectivity index (χ0n) is 26.0. The summed E-state index contributed by atoms with van der Waals surface area (Å²) in [6.45, 7) is 7.49. The minimum atomic E-state index is -0.312. The number of aromatic amines is 2. The van der Waals surface area contributed by atoms with Gasteiger partial charge in [-0.15, -0.1) is 0 Å². The first-order chi connectivity index (χ1) is 21.1. The van der Waals surface area contributed by atoms with Crippen molar-refractivity contribution < 1.29 is 29.3 Å². The Balaban J connectivity index is 1.89. The molecule has 0 fully saturated rings. The Morgan fingerprint density at radius 1 is 0.636 bits per heavy atom. The normalized spacial score (nSPS) is 13.1. The van der Waals surface area contributed by atoms with Gasteiger partial charge in [0.05, 0.1) is 50.2 Å². The first kappa shape index (κ1) is 30.9. The number of allylic oxidation sites excluding steroid dienone is 3. The largest absolute Gasteiger partial charge is 0.469 e. The van der Waals surface area contributed by atoms with Crippen LogP contribution < -0.4 is 0 Å². The second-order valence-corrected chi connectivity index (χ2v) is 11.1. The van der Waals surface area contributed by atoms with Crippen LogP contribution in [0.2, 0.25) is 0 Å². The van der Waals surface area contributed by atoms with Crippen molar-refractivity contribution in [2.45, 2.75) is 60.0 Å². The van der Waals surface area contributed by atoms with E-state index in [-0.39, 0.29) is 38.0 Å². The number of rotatable bonds is 8. The molecule has 5 heterocycles. The van der Waals surface area contributed by atoms with Crippen LogP contribution in [0.5, 0.6) is 0 Å². The third-order valence-corrected chi connectivity index (χ3v) is 8.73. The summed E-state index contributed by atoms with van der Waals surface area (Å²) in [5.74, 6) is -0.617. The number of ether oxygens (including phenoxy) is 2. The Labute approximate surface area is 255 Å². The van der Waals surface area contributed by atoms with Gasteiger partial charge in [-0.3, -0.25) is 9.59 Å². The standard InChI is InChI=1S/C34H38N4O6/c1-17-21(7-9-33(41)43-5)29-14-30-22(8-10-34(42)44-6)18(2)27(36-30)12-31-24(16-40)20(4)28(38-31)13-32-23(15-39)19(3)26(37-32)11-25(17)35-29/h11-14,36,38-40H,7-10,15-16H2,1-6H3. The number of nitrogens with zero attached hydrogens (tertiary/aromatic N) is 2. The van der Waals surface area contributed by atoms with Crippen LogP contribution in [0, 0.1) is 13.8 Å². The zero-order valence-corrected chi connectivity index (χ0v) is 26.0. The highest BCUT2D eigenvalue weighted by Gasteiger charge is 2.22. The zero-order chi connectivity index (χ0) is 31.7. The van der Waals surface area contributed by atoms with E-state index in [4.69, 9.17) is 19.4 Å². The molecule has 0 atom stereocenters. The van der Waals surface area contributed by atoms with E-state index in [0.29, 0.717) is 41.2 Å². The minimum absolute atomic E-state index is 0.169. The van der Waals surface area contributed by atoms with Gasteiger partial charge >= 0.3 is 11.9 Å². The summed E-state index contributed by atoms with van der Waals surface area (Å²) < 4.78 is 9.83. The number of hydrogen-bond donors (Lipinski definition) is 4. The number of aryl methyl sites for hydroxylation is 3. The number of hydrogen-bond acceptors (Lipinski definition) is 8. The molecule has 230 valence electrons. The first-order valence-electron chi connectivity index (χ1n) is 14.6. The summed E-state index contributed by atoms with van der Waals surface area (Å²) in [6, 6.07) is 7.73. The maximum Gasteiger partial charge on any atom is 0.305 e. The fraction of sp³-hybridized carbons (Fsp3) is 0.353. The summed E-state index contributed by atoms with van der Waals surface area (Å²) in [4.78, 5) is 41.1. The van der Waals surface area contributed by atoms with E-state index in [1.807, 2.05) is 52.0 Å². The van der Waals surface area contributed by atoms with Gasteiger partial charge in [0.1, 0.15) is 0 Å². The lowest BCUT2D eigenvalue weighted by molar-refractivity contribution is -0.141. The van der Waals surface area contributed by atoms with Gasteiger partial charge in [0, 0.05) is 46.0 Å². The van der Waals surface area contributed by atoms with E-state index in [1.165, 1.54) is 14.2 Å². The van der Waals surface area contributed by atoms with E-state index in [1.54, 1.807) is 0 Å². The van der Waals surface area contributed by atoms with Gasteiger partial charge in [0.2, 0.25) is 0 Å². The van der Waals surface area contributed by atoms with Crippen LogP contribution in [-0.4, -0.2) is 62.9 Å². The molecule has 0 aliphatic carbocycles. The third-order valence-electron chi connectivity index (χ3n) is 8.73. The monoisotopic (exact) mass is 598 g/mol. The maximum atomic E-state index is 12.1. The molecule has 0 radical (unpaired) electrons. The maximum absolute atomic E-state index is 12.1. The lowest BCUT2D eigenvalue weighted by Crippen LogP contribution is -2.02. The van der Waals surface area contributed by atoms with Crippen molar-refractivity contribution in [2.24, 2.45) is 0 Å². The van der Waals surface area contributed by atoms with Gasteiger partial charge in [-0.05, 0) is 98.2 Å². The minimum Gasteiger partial charge on any atom is -0.469 e. The number of aliphatic hydroxyl groups excluding tert-OH is 2. The molecule has 10 heteroatoms. The lowest BCUT2D eigenvalue weighted by atomic mass is 10.00. The van der Waals surface area contributed by atoms with Gasteiger partial charge in [-0.25, -0.2) is 9.97 Å². The van der Waals surface area contributed by atoms with Crippen molar-refractivity contribution in [2.75, 3.05) is 20.8 Å². The fourth-order valence-electron chi connectivity index (χ4n) is 5.91. The summed E-state index contributed by atoms with van der Waals surface area (Å²) in [5, 5.41) is 20.6. The van der Waals surface area contributed by atoms with Crippen molar-refractivity contribution in [1.29, 1.82) is 0 Å². The number of aliphatic hydroxyl groups is 2. The van der Waals surface area contributed by atoms with Gasteiger partial charge in [-0.2, -0.15) is 0 Å². The molecule has 2 aliphatic rings. The molecule has 10 nitrogen and oxygen atoms in total. The van der Waals surface area contributed by atoms with E-state index >= 15 is 0 Å². The topological polar surface area (TPSA) is 150 Å². The predicted octanol–water partition coefficient (Wildman–Crippen LogP) is 5.34. The smallest absolute Gasteiger partial charge is 0.305 e. The van der Waals surface area contributed by atoms with Crippen LogP contribution in [0.3, 0.4) is 0 Å². The lowest BCUT2D eigenvalue weighted by Gasteiger charge is -2.04. The van der Waals surface area contributed by atoms with Gasteiger partial charge < -0.3 is 29.7 Å². The SMILES string of the molecule is COC(=O)CCC1=C(C)c2cc3nc(cc4[nH]c(cc5[nH]c(cc1n2)c(CCC(=O)OC)c5C)c(CO)c4C)C(CO)=C3C. The molecule has 3 aromatic heterocycles. The van der Waals surface area contributed by atoms with E-state index in [0.717, 1.165) is 61.0 Å². The summed E-state index contributed by atoms with van der Waals surface area (Å²) in [7, 11) is 2.75. The molecule has 44 heavy (non-hydrogen) atoms. The molecule has 0 unspecified atom stereocenters. The van der Waals surface area contributed by atoms with Crippen LogP contribution in [0.1, 0.15) is 78.1 Å². The molecule has 0 amide bonds. The van der Waals surface area contributed by atoms with Crippen molar-refractivity contribution in [3.8, 4) is 0 Å². The third kappa shape index (κ3) is 5.70. The highest BCUT2D eigenvalue weighted by atomic mass is 16.5. The second kappa shape index (κ2) is 12.6. The Morgan fingerprint density at radius 3 is 1.73 bits per heavy atom. The number of carbonyl (C=O) groups is 2. The fourth-order valence-corrected chi connectivity index (χ4v) is 5.91. The van der Waals surface area contributed by atoms with Crippen LogP contribution in [0.4, 0.5) is 0 Å². The summed E-state index contributed by atoms with van der Waals surface area (Å²) in [6.07, 6.45) is 1.28. The molecule has 0 saturated heterocycles. The number of nitrogens with one attached hydrogen (secondary N) is 2.